The number of hydrogen-bond acceptors (Lipinski definition) is 5. The van der Waals surface area contributed by atoms with E-state index in [-0.39, 0.29) is 5.78 Å². The van der Waals surface area contributed by atoms with Crippen molar-refractivity contribution in [1.82, 2.24) is 0 Å². The van der Waals surface area contributed by atoms with Gasteiger partial charge in [0.1, 0.15) is 11.9 Å². The molecule has 0 aromatic carbocycles. The Morgan fingerprint density at radius 1 is 1.17 bits per heavy atom. The van der Waals surface area contributed by atoms with E-state index >= 15 is 0 Å². The van der Waals surface area contributed by atoms with E-state index in [1.54, 1.807) is 0 Å². The summed E-state index contributed by atoms with van der Waals surface area (Å²) in [6.07, 6.45) is 0.264. The van der Waals surface area contributed by atoms with Gasteiger partial charge in [0.05, 0.1) is 23.7 Å². The maximum atomic E-state index is 12.0. The van der Waals surface area contributed by atoms with Crippen LogP contribution in [-0.2, 0) is 23.9 Å². The molecule has 0 aromatic rings. The van der Waals surface area contributed by atoms with Gasteiger partial charge in [-0.3, -0.25) is 19.2 Å². The molecular weight excluding hydrogens is 240 g/mol. The molecule has 3 fully saturated rings. The molecule has 6 heteroatoms. The molecule has 0 radical (unpaired) electrons. The highest BCUT2D eigenvalue weighted by atomic mass is 16.6. The van der Waals surface area contributed by atoms with Crippen LogP contribution in [0, 0.1) is 29.6 Å². The highest BCUT2D eigenvalue weighted by Crippen LogP contribution is 2.58. The molecule has 3 aliphatic rings. The molecule has 1 heterocycles. The normalized spacial score (nSPS) is 44.0. The van der Waals surface area contributed by atoms with Crippen molar-refractivity contribution in [1.29, 1.82) is 0 Å². The molecule has 0 aromatic heterocycles. The van der Waals surface area contributed by atoms with Gasteiger partial charge in [-0.2, -0.15) is 0 Å². The van der Waals surface area contributed by atoms with Gasteiger partial charge in [0.25, 0.3) is 0 Å². The third-order valence-electron chi connectivity index (χ3n) is 4.25. The number of carboxylic acids is 1. The van der Waals surface area contributed by atoms with Gasteiger partial charge in [0.15, 0.2) is 5.78 Å². The number of esters is 1. The third-order valence-corrected chi connectivity index (χ3v) is 4.25. The average Bonchev–Trinajstić information content (AvgIpc) is 2.85. The first-order valence-electron chi connectivity index (χ1n) is 5.62. The molecule has 1 N–H and O–H groups in total. The maximum absolute atomic E-state index is 12.0. The molecule has 1 saturated heterocycles. The van der Waals surface area contributed by atoms with Crippen LogP contribution in [0.5, 0.6) is 0 Å². The molecule has 0 spiro atoms. The molecule has 6 unspecified atom stereocenters. The minimum absolute atomic E-state index is 0.330. The quantitative estimate of drug-likeness (QED) is 0.532. The minimum atomic E-state index is -1.22. The Bertz CT molecular complexity index is 507. The lowest BCUT2D eigenvalue weighted by Crippen LogP contribution is -2.40. The lowest BCUT2D eigenvalue weighted by Gasteiger charge is -2.25. The number of allylic oxidation sites excluding steroid dienone is 1. The Morgan fingerprint density at radius 3 is 2.39 bits per heavy atom. The highest BCUT2D eigenvalue weighted by Gasteiger charge is 2.74. The van der Waals surface area contributed by atoms with Crippen molar-refractivity contribution in [2.24, 2.45) is 29.6 Å². The van der Waals surface area contributed by atoms with Crippen molar-refractivity contribution in [3.8, 4) is 0 Å². The fraction of sp³-hybridized carbons (Fsp3) is 0.500. The van der Waals surface area contributed by atoms with Gasteiger partial charge in [0.2, 0.25) is 0 Å². The highest BCUT2D eigenvalue weighted by molar-refractivity contribution is 6.08. The Labute approximate surface area is 102 Å². The van der Waals surface area contributed by atoms with Crippen LogP contribution in [0.3, 0.4) is 0 Å². The van der Waals surface area contributed by atoms with Crippen molar-refractivity contribution in [3.63, 3.8) is 0 Å². The second kappa shape index (κ2) is 3.28. The topological polar surface area (TPSA) is 97.7 Å². The Balaban J connectivity index is 2.11. The molecule has 18 heavy (non-hydrogen) atoms. The van der Waals surface area contributed by atoms with Crippen molar-refractivity contribution in [2.45, 2.75) is 6.10 Å². The van der Waals surface area contributed by atoms with Crippen LogP contribution in [0.2, 0.25) is 0 Å². The standard InChI is InChI=1S/C12H10O6/c1-2-3(13)4-5-6(11(15)16)7-8(9(5)14)10(4)18-12(7)17/h2,4-8,10H,1H2,(H,15,16). The van der Waals surface area contributed by atoms with E-state index in [1.165, 1.54) is 0 Å². The number of carboxylic acid groups (broad SMARTS) is 1. The monoisotopic (exact) mass is 250 g/mol. The number of aliphatic carboxylic acids is 1. The maximum Gasteiger partial charge on any atom is 0.311 e. The number of Topliss-reactive ketones (excluding diaryl/α,β-unsaturated/α-hetero) is 1. The van der Waals surface area contributed by atoms with E-state index in [4.69, 9.17) is 9.84 Å². The summed E-state index contributed by atoms with van der Waals surface area (Å²) in [5.74, 6) is -7.29. The number of rotatable bonds is 3. The zero-order valence-corrected chi connectivity index (χ0v) is 9.24. The zero-order valence-electron chi connectivity index (χ0n) is 9.24. The molecule has 2 saturated carbocycles. The smallest absolute Gasteiger partial charge is 0.311 e. The van der Waals surface area contributed by atoms with Crippen molar-refractivity contribution >= 4 is 23.5 Å². The molecule has 2 aliphatic carbocycles. The number of ketones is 2. The van der Waals surface area contributed by atoms with Crippen LogP contribution in [0.15, 0.2) is 12.7 Å². The first-order valence-corrected chi connectivity index (χ1v) is 5.62. The van der Waals surface area contributed by atoms with Gasteiger partial charge in [-0.1, -0.05) is 6.58 Å². The van der Waals surface area contributed by atoms with E-state index in [0.29, 0.717) is 0 Å². The summed E-state index contributed by atoms with van der Waals surface area (Å²) in [7, 11) is 0. The number of carbonyl (C=O) groups is 4. The Hall–Kier alpha value is -1.98. The molecule has 6 nitrogen and oxygen atoms in total. The zero-order chi connectivity index (χ0) is 13.2. The van der Waals surface area contributed by atoms with E-state index in [9.17, 15) is 19.2 Å². The Morgan fingerprint density at radius 2 is 1.83 bits per heavy atom. The Kier molecular flexibility index (Phi) is 2.03. The van der Waals surface area contributed by atoms with Crippen LogP contribution >= 0.6 is 0 Å². The van der Waals surface area contributed by atoms with Crippen LogP contribution < -0.4 is 0 Å². The predicted octanol–water partition coefficient (Wildman–Crippen LogP) is -0.571. The summed E-state index contributed by atoms with van der Waals surface area (Å²) in [6.45, 7) is 3.34. The van der Waals surface area contributed by atoms with Crippen molar-refractivity contribution in [2.75, 3.05) is 0 Å². The molecule has 94 valence electrons. The summed E-state index contributed by atoms with van der Waals surface area (Å²) in [6, 6.07) is 0. The first-order chi connectivity index (χ1) is 8.49. The largest absolute Gasteiger partial charge is 0.481 e. The molecule has 6 atom stereocenters. The first kappa shape index (κ1) is 11.1. The van der Waals surface area contributed by atoms with Gasteiger partial charge in [-0.25, -0.2) is 0 Å². The fourth-order valence-electron chi connectivity index (χ4n) is 3.65. The van der Waals surface area contributed by atoms with E-state index in [2.05, 4.69) is 6.58 Å². The van der Waals surface area contributed by atoms with Crippen LogP contribution in [0.1, 0.15) is 0 Å². The van der Waals surface area contributed by atoms with Gasteiger partial charge >= 0.3 is 11.9 Å². The lowest BCUT2D eigenvalue weighted by molar-refractivity contribution is -0.151. The summed E-state index contributed by atoms with van der Waals surface area (Å²) < 4.78 is 5.03. The van der Waals surface area contributed by atoms with E-state index in [1.807, 2.05) is 0 Å². The summed E-state index contributed by atoms with van der Waals surface area (Å²) in [5, 5.41) is 9.17. The number of ether oxygens (including phenoxy) is 1. The van der Waals surface area contributed by atoms with Crippen LogP contribution in [-0.4, -0.2) is 34.7 Å². The lowest BCUT2D eigenvalue weighted by atomic mass is 9.73. The second-order valence-electron chi connectivity index (χ2n) is 4.88. The summed E-state index contributed by atoms with van der Waals surface area (Å²) in [5.41, 5.74) is 0. The SMILES string of the molecule is C=CC(=O)C1C2OC(=O)C3C2C(=O)C1C3C(=O)O. The second-order valence-corrected chi connectivity index (χ2v) is 4.88. The van der Waals surface area contributed by atoms with Gasteiger partial charge < -0.3 is 9.84 Å². The van der Waals surface area contributed by atoms with Gasteiger partial charge in [-0.15, -0.1) is 0 Å². The number of hydrogen-bond donors (Lipinski definition) is 1. The van der Waals surface area contributed by atoms with Crippen LogP contribution in [0.25, 0.3) is 0 Å². The third kappa shape index (κ3) is 1.03. The molecule has 2 bridgehead atoms. The molecule has 1 aliphatic heterocycles. The molecule has 3 rings (SSSR count). The predicted molar refractivity (Wildman–Crippen MR) is 55.2 cm³/mol. The van der Waals surface area contributed by atoms with E-state index < -0.39 is 53.4 Å². The number of fused-ring (bicyclic) bond motifs is 1. The fourth-order valence-corrected chi connectivity index (χ4v) is 3.65. The van der Waals surface area contributed by atoms with Gasteiger partial charge in [-0.05, 0) is 6.08 Å². The molecular formula is C12H10O6. The van der Waals surface area contributed by atoms with Gasteiger partial charge in [0, 0.05) is 5.92 Å². The molecule has 0 amide bonds. The van der Waals surface area contributed by atoms with Crippen LogP contribution in [0.4, 0.5) is 0 Å². The average molecular weight is 250 g/mol. The van der Waals surface area contributed by atoms with Crippen molar-refractivity contribution in [3.05, 3.63) is 12.7 Å². The minimum Gasteiger partial charge on any atom is -0.481 e. The summed E-state index contributed by atoms with van der Waals surface area (Å²) >= 11 is 0. The number of carbonyl (C=O) groups excluding carboxylic acids is 3. The van der Waals surface area contributed by atoms with E-state index in [0.717, 1.165) is 6.08 Å². The summed E-state index contributed by atoms with van der Waals surface area (Å²) in [4.78, 5) is 46.7. The van der Waals surface area contributed by atoms with Crippen molar-refractivity contribution < 1.29 is 29.0 Å².